The second kappa shape index (κ2) is 15.9. The highest BCUT2D eigenvalue weighted by Crippen LogP contribution is 2.40. The van der Waals surface area contributed by atoms with Gasteiger partial charge in [-0.2, -0.15) is 10.5 Å². The van der Waals surface area contributed by atoms with E-state index in [1.165, 1.54) is 58.2 Å². The van der Waals surface area contributed by atoms with E-state index in [-0.39, 0.29) is 10.8 Å². The molecule has 0 saturated heterocycles. The van der Waals surface area contributed by atoms with E-state index in [1.807, 2.05) is 30.3 Å². The third kappa shape index (κ3) is 8.16. The van der Waals surface area contributed by atoms with Crippen LogP contribution in [0.2, 0.25) is 0 Å². The second-order valence-corrected chi connectivity index (χ2v) is 12.7. The maximum Gasteiger partial charge on any atom is 0.0991 e. The molecule has 4 aromatic rings. The Bertz CT molecular complexity index is 1810. The molecule has 2 heteroatoms. The molecule has 0 spiro atoms. The van der Waals surface area contributed by atoms with E-state index in [0.717, 1.165) is 25.7 Å². The molecule has 0 saturated carbocycles. The normalized spacial score (nSPS) is 19.7. The minimum atomic E-state index is -0.303. The van der Waals surface area contributed by atoms with Crippen LogP contribution >= 0.6 is 0 Å². The maximum atomic E-state index is 9.46. The molecular formula is C45H44N2. The van der Waals surface area contributed by atoms with Crippen molar-refractivity contribution in [1.82, 2.24) is 0 Å². The summed E-state index contributed by atoms with van der Waals surface area (Å²) in [6.45, 7) is 4.39. The van der Waals surface area contributed by atoms with Crippen molar-refractivity contribution in [2.45, 2.75) is 64.2 Å². The summed E-state index contributed by atoms with van der Waals surface area (Å²) < 4.78 is 0. The van der Waals surface area contributed by atoms with Crippen LogP contribution in [-0.4, -0.2) is 0 Å². The van der Waals surface area contributed by atoms with Gasteiger partial charge >= 0.3 is 0 Å². The van der Waals surface area contributed by atoms with Gasteiger partial charge in [0.1, 0.15) is 0 Å². The van der Waals surface area contributed by atoms with Crippen LogP contribution in [-0.2, 0) is 5.41 Å². The Kier molecular flexibility index (Phi) is 11.2. The van der Waals surface area contributed by atoms with Crippen molar-refractivity contribution in [3.8, 4) is 23.3 Å². The standard InChI is InChI=1S/C23H23N.C22H21N/c1-2-3-15-23(22-7-5-4-6-8-22)16-13-21(14-17-23)20-11-9-19(18-24)10-12-20;1-2-14-22(17-23)15-12-21(13-16-22)20-10-8-19(9-11-20)18-6-4-3-5-7-18/h4-14,16H,2-3,15,17H2,1H3;3-13,15H,2,14,16H2,1H3. The third-order valence-corrected chi connectivity index (χ3v) is 9.45. The van der Waals surface area contributed by atoms with Crippen molar-refractivity contribution in [2.24, 2.45) is 5.41 Å². The highest BCUT2D eigenvalue weighted by Gasteiger charge is 2.30. The fraction of sp³-hybridized carbons (Fsp3) is 0.244. The van der Waals surface area contributed by atoms with E-state index in [9.17, 15) is 5.26 Å². The van der Waals surface area contributed by atoms with Crippen molar-refractivity contribution < 1.29 is 0 Å². The van der Waals surface area contributed by atoms with Crippen LogP contribution in [0.5, 0.6) is 0 Å². The zero-order valence-electron chi connectivity index (χ0n) is 27.7. The van der Waals surface area contributed by atoms with Crippen LogP contribution in [0.15, 0.2) is 146 Å². The van der Waals surface area contributed by atoms with Crippen LogP contribution in [0.4, 0.5) is 0 Å². The first-order valence-electron chi connectivity index (χ1n) is 17.0. The average molecular weight is 613 g/mol. The third-order valence-electron chi connectivity index (χ3n) is 9.45. The van der Waals surface area contributed by atoms with Gasteiger partial charge in [-0.15, -0.1) is 0 Å². The smallest absolute Gasteiger partial charge is 0.0991 e. The monoisotopic (exact) mass is 612 g/mol. The van der Waals surface area contributed by atoms with Gasteiger partial charge in [-0.1, -0.05) is 167 Å². The lowest BCUT2D eigenvalue weighted by Crippen LogP contribution is -2.24. The topological polar surface area (TPSA) is 47.6 Å². The Labute approximate surface area is 281 Å². The summed E-state index contributed by atoms with van der Waals surface area (Å²) in [6.07, 6.45) is 20.8. The van der Waals surface area contributed by atoms with Gasteiger partial charge in [-0.05, 0) is 76.8 Å². The minimum absolute atomic E-state index is 0.118. The van der Waals surface area contributed by atoms with E-state index < -0.39 is 0 Å². The van der Waals surface area contributed by atoms with E-state index in [4.69, 9.17) is 5.26 Å². The van der Waals surface area contributed by atoms with E-state index in [2.05, 4.69) is 141 Å². The van der Waals surface area contributed by atoms with Gasteiger partial charge in [-0.25, -0.2) is 0 Å². The quantitative estimate of drug-likeness (QED) is 0.189. The Hall–Kier alpha value is -5.18. The molecule has 0 bridgehead atoms. The van der Waals surface area contributed by atoms with Crippen LogP contribution < -0.4 is 0 Å². The molecular weight excluding hydrogens is 569 g/mol. The first-order valence-corrected chi connectivity index (χ1v) is 17.0. The SMILES string of the molecule is CCCC1(C#N)C=CC(c2ccc(-c3ccccc3)cc2)=CC1.CCCCC1(c2ccccc2)C=CC(c2ccc(C#N)cc2)=CC1. The zero-order valence-corrected chi connectivity index (χ0v) is 27.7. The van der Waals surface area contributed by atoms with Gasteiger partial charge in [0.15, 0.2) is 0 Å². The molecule has 0 aliphatic heterocycles. The Morgan fingerprint density at radius 3 is 1.64 bits per heavy atom. The fourth-order valence-electron chi connectivity index (χ4n) is 6.58. The van der Waals surface area contributed by atoms with Crippen molar-refractivity contribution in [2.75, 3.05) is 0 Å². The molecule has 2 aliphatic carbocycles. The average Bonchev–Trinajstić information content (AvgIpc) is 3.16. The number of nitriles is 2. The highest BCUT2D eigenvalue weighted by atomic mass is 14.4. The Morgan fingerprint density at radius 2 is 1.13 bits per heavy atom. The van der Waals surface area contributed by atoms with E-state index in [0.29, 0.717) is 5.56 Å². The molecule has 0 radical (unpaired) electrons. The summed E-state index contributed by atoms with van der Waals surface area (Å²) in [7, 11) is 0. The molecule has 4 aromatic carbocycles. The zero-order chi connectivity index (χ0) is 33.0. The Balaban J connectivity index is 0.000000185. The van der Waals surface area contributed by atoms with Crippen molar-refractivity contribution in [3.05, 3.63) is 168 Å². The molecule has 6 rings (SSSR count). The molecule has 0 fully saturated rings. The van der Waals surface area contributed by atoms with Gasteiger partial charge in [0.2, 0.25) is 0 Å². The molecule has 2 nitrogen and oxygen atoms in total. The number of hydrogen-bond acceptors (Lipinski definition) is 2. The van der Waals surface area contributed by atoms with Crippen molar-refractivity contribution in [3.63, 3.8) is 0 Å². The van der Waals surface area contributed by atoms with Crippen LogP contribution in [0, 0.1) is 28.1 Å². The number of unbranched alkanes of at least 4 members (excludes halogenated alkanes) is 1. The molecule has 2 unspecified atom stereocenters. The molecule has 0 heterocycles. The first kappa shape index (κ1) is 33.2. The number of hydrogen-bond donors (Lipinski definition) is 0. The van der Waals surface area contributed by atoms with Crippen molar-refractivity contribution >= 4 is 11.1 Å². The van der Waals surface area contributed by atoms with Gasteiger partial charge in [0.25, 0.3) is 0 Å². The Morgan fingerprint density at radius 1 is 0.574 bits per heavy atom. The predicted octanol–water partition coefficient (Wildman–Crippen LogP) is 12.0. The van der Waals surface area contributed by atoms with Gasteiger partial charge in [0.05, 0.1) is 23.1 Å². The van der Waals surface area contributed by atoms with E-state index in [1.54, 1.807) is 0 Å². The highest BCUT2D eigenvalue weighted by molar-refractivity contribution is 5.78. The number of rotatable bonds is 9. The molecule has 0 amide bonds. The van der Waals surface area contributed by atoms with Gasteiger partial charge in [0, 0.05) is 5.41 Å². The molecule has 2 atom stereocenters. The molecule has 2 aliphatic rings. The summed E-state index contributed by atoms with van der Waals surface area (Å²) in [6, 6.07) is 42.4. The minimum Gasteiger partial charge on any atom is -0.197 e. The maximum absolute atomic E-state index is 9.46. The van der Waals surface area contributed by atoms with E-state index >= 15 is 0 Å². The lowest BCUT2D eigenvalue weighted by atomic mass is 9.70. The molecule has 47 heavy (non-hydrogen) atoms. The lowest BCUT2D eigenvalue weighted by Gasteiger charge is -2.33. The molecule has 0 N–H and O–H groups in total. The van der Waals surface area contributed by atoms with Crippen molar-refractivity contribution in [1.29, 1.82) is 10.5 Å². The predicted molar refractivity (Wildman–Crippen MR) is 197 cm³/mol. The second-order valence-electron chi connectivity index (χ2n) is 12.7. The number of benzene rings is 4. The fourth-order valence-corrected chi connectivity index (χ4v) is 6.58. The summed E-state index contributed by atoms with van der Waals surface area (Å²) in [4.78, 5) is 0. The van der Waals surface area contributed by atoms with Crippen LogP contribution in [0.25, 0.3) is 22.3 Å². The summed E-state index contributed by atoms with van der Waals surface area (Å²) in [5.74, 6) is 0. The number of allylic oxidation sites excluding steroid dienone is 8. The van der Waals surface area contributed by atoms with Gasteiger partial charge < -0.3 is 0 Å². The summed E-state index contributed by atoms with van der Waals surface area (Å²) in [5.41, 5.74) is 9.26. The lowest BCUT2D eigenvalue weighted by molar-refractivity contribution is 0.460. The molecule has 234 valence electrons. The largest absolute Gasteiger partial charge is 0.197 e. The summed E-state index contributed by atoms with van der Waals surface area (Å²) in [5, 5.41) is 18.4. The number of nitrogens with zero attached hydrogens (tertiary/aromatic N) is 2. The summed E-state index contributed by atoms with van der Waals surface area (Å²) >= 11 is 0. The first-order chi connectivity index (χ1) is 23.0. The van der Waals surface area contributed by atoms with Crippen LogP contribution in [0.1, 0.15) is 81.0 Å². The molecule has 0 aromatic heterocycles. The van der Waals surface area contributed by atoms with Crippen LogP contribution in [0.3, 0.4) is 0 Å². The van der Waals surface area contributed by atoms with Gasteiger partial charge in [-0.3, -0.25) is 0 Å².